The number of carbonyl (C=O) groups is 2. The van der Waals surface area contributed by atoms with E-state index in [1.807, 2.05) is 13.8 Å². The predicted octanol–water partition coefficient (Wildman–Crippen LogP) is -0.944. The van der Waals surface area contributed by atoms with E-state index in [-0.39, 0.29) is 18.4 Å². The number of nitrogens with zero attached hydrogens (tertiary/aromatic N) is 2. The van der Waals surface area contributed by atoms with Crippen LogP contribution in [-0.4, -0.2) is 73.1 Å². The highest BCUT2D eigenvalue weighted by atomic mass is 16.5. The predicted molar refractivity (Wildman–Crippen MR) is 66.1 cm³/mol. The molecule has 0 aromatic rings. The molecule has 18 heavy (non-hydrogen) atoms. The number of rotatable bonds is 2. The van der Waals surface area contributed by atoms with E-state index < -0.39 is 5.54 Å². The number of ether oxygens (including phenoxy) is 1. The van der Waals surface area contributed by atoms with Gasteiger partial charge in [-0.1, -0.05) is 0 Å². The molecule has 2 aliphatic heterocycles. The van der Waals surface area contributed by atoms with E-state index in [1.165, 1.54) is 0 Å². The summed E-state index contributed by atoms with van der Waals surface area (Å²) in [4.78, 5) is 27.6. The van der Waals surface area contributed by atoms with E-state index >= 15 is 0 Å². The van der Waals surface area contributed by atoms with Crippen molar-refractivity contribution in [2.75, 3.05) is 45.9 Å². The molecule has 2 rings (SSSR count). The van der Waals surface area contributed by atoms with Crippen molar-refractivity contribution < 1.29 is 14.3 Å². The fourth-order valence-electron chi connectivity index (χ4n) is 2.30. The molecule has 0 aromatic carbocycles. The van der Waals surface area contributed by atoms with Crippen molar-refractivity contribution in [2.24, 2.45) is 0 Å². The molecule has 6 nitrogen and oxygen atoms in total. The maximum atomic E-state index is 12.1. The molecule has 1 N–H and O–H groups in total. The van der Waals surface area contributed by atoms with Gasteiger partial charge >= 0.3 is 0 Å². The van der Waals surface area contributed by atoms with Gasteiger partial charge < -0.3 is 19.9 Å². The minimum atomic E-state index is -0.566. The van der Waals surface area contributed by atoms with Crippen LogP contribution in [0.3, 0.4) is 0 Å². The van der Waals surface area contributed by atoms with Crippen LogP contribution in [-0.2, 0) is 14.3 Å². The Morgan fingerprint density at radius 3 is 2.67 bits per heavy atom. The van der Waals surface area contributed by atoms with Crippen LogP contribution >= 0.6 is 0 Å². The summed E-state index contributed by atoms with van der Waals surface area (Å²) in [6.45, 7) is 7.64. The van der Waals surface area contributed by atoms with Gasteiger partial charge in [-0.2, -0.15) is 0 Å². The van der Waals surface area contributed by atoms with Gasteiger partial charge in [0.1, 0.15) is 0 Å². The zero-order valence-electron chi connectivity index (χ0n) is 11.1. The summed E-state index contributed by atoms with van der Waals surface area (Å²) in [7, 11) is 0. The Hall–Kier alpha value is -1.14. The largest absolute Gasteiger partial charge is 0.378 e. The summed E-state index contributed by atoms with van der Waals surface area (Å²) < 4.78 is 5.21. The van der Waals surface area contributed by atoms with Crippen LogP contribution in [0.15, 0.2) is 0 Å². The molecule has 0 bridgehead atoms. The molecule has 0 aliphatic carbocycles. The fourth-order valence-corrected chi connectivity index (χ4v) is 2.30. The van der Waals surface area contributed by atoms with E-state index in [0.717, 1.165) is 6.54 Å². The summed E-state index contributed by atoms with van der Waals surface area (Å²) in [6.07, 6.45) is 0. The van der Waals surface area contributed by atoms with Crippen LogP contribution in [0.4, 0.5) is 0 Å². The van der Waals surface area contributed by atoms with Crippen LogP contribution in [0.5, 0.6) is 0 Å². The lowest BCUT2D eigenvalue weighted by molar-refractivity contribution is -0.147. The van der Waals surface area contributed by atoms with Crippen molar-refractivity contribution in [1.29, 1.82) is 0 Å². The topological polar surface area (TPSA) is 61.9 Å². The molecule has 2 heterocycles. The Kier molecular flexibility index (Phi) is 3.87. The number of nitrogens with one attached hydrogen (secondary N) is 1. The SMILES string of the molecule is CC1(C)NCCN(CC(=O)N2CCOCC2)C1=O. The van der Waals surface area contributed by atoms with Crippen LogP contribution in [0.2, 0.25) is 0 Å². The van der Waals surface area contributed by atoms with Crippen LogP contribution in [0.25, 0.3) is 0 Å². The Balaban J connectivity index is 1.92. The smallest absolute Gasteiger partial charge is 0.242 e. The average Bonchev–Trinajstić information content (AvgIpc) is 2.36. The highest BCUT2D eigenvalue weighted by Crippen LogP contribution is 2.12. The van der Waals surface area contributed by atoms with Gasteiger partial charge in [-0.25, -0.2) is 0 Å². The molecular weight excluding hydrogens is 234 g/mol. The van der Waals surface area contributed by atoms with Crippen molar-refractivity contribution in [2.45, 2.75) is 19.4 Å². The summed E-state index contributed by atoms with van der Waals surface area (Å²) >= 11 is 0. The van der Waals surface area contributed by atoms with Gasteiger partial charge in [-0.3, -0.25) is 9.59 Å². The third-order valence-corrected chi connectivity index (χ3v) is 3.46. The zero-order chi connectivity index (χ0) is 13.2. The number of carbonyl (C=O) groups excluding carboxylic acids is 2. The number of hydrogen-bond donors (Lipinski definition) is 1. The monoisotopic (exact) mass is 255 g/mol. The first-order valence-electron chi connectivity index (χ1n) is 6.40. The standard InChI is InChI=1S/C12H21N3O3/c1-12(2)11(17)15(4-3-13-12)9-10(16)14-5-7-18-8-6-14/h13H,3-9H2,1-2H3. The normalized spacial score (nSPS) is 24.2. The zero-order valence-corrected chi connectivity index (χ0v) is 11.1. The molecule has 0 unspecified atom stereocenters. The Morgan fingerprint density at radius 2 is 2.00 bits per heavy atom. The molecule has 2 amide bonds. The van der Waals surface area contributed by atoms with E-state index in [9.17, 15) is 9.59 Å². The molecule has 2 aliphatic rings. The van der Waals surface area contributed by atoms with Crippen molar-refractivity contribution in [3.63, 3.8) is 0 Å². The highest BCUT2D eigenvalue weighted by Gasteiger charge is 2.36. The van der Waals surface area contributed by atoms with Crippen LogP contribution in [0.1, 0.15) is 13.8 Å². The number of morpholine rings is 1. The first-order valence-corrected chi connectivity index (χ1v) is 6.40. The first-order chi connectivity index (χ1) is 8.50. The number of piperazine rings is 1. The second-order valence-electron chi connectivity index (χ2n) is 5.27. The molecular formula is C12H21N3O3. The Bertz CT molecular complexity index is 337. The molecule has 102 valence electrons. The quantitative estimate of drug-likeness (QED) is 0.691. The van der Waals surface area contributed by atoms with Crippen molar-refractivity contribution in [3.8, 4) is 0 Å². The number of amides is 2. The molecule has 0 radical (unpaired) electrons. The summed E-state index contributed by atoms with van der Waals surface area (Å²) in [5, 5.41) is 3.15. The first kappa shape index (κ1) is 13.3. The van der Waals surface area contributed by atoms with Crippen LogP contribution < -0.4 is 5.32 Å². The second-order valence-corrected chi connectivity index (χ2v) is 5.27. The highest BCUT2D eigenvalue weighted by molar-refractivity contribution is 5.90. The molecule has 6 heteroatoms. The van der Waals surface area contributed by atoms with Gasteiger partial charge in [0.2, 0.25) is 11.8 Å². The van der Waals surface area contributed by atoms with E-state index in [1.54, 1.807) is 9.80 Å². The van der Waals surface area contributed by atoms with E-state index in [4.69, 9.17) is 4.74 Å². The third-order valence-electron chi connectivity index (χ3n) is 3.46. The minimum Gasteiger partial charge on any atom is -0.378 e. The molecule has 0 saturated carbocycles. The Morgan fingerprint density at radius 1 is 1.33 bits per heavy atom. The summed E-state index contributed by atoms with van der Waals surface area (Å²) in [5.74, 6) is 0.0136. The van der Waals surface area contributed by atoms with Gasteiger partial charge in [0.25, 0.3) is 0 Å². The maximum Gasteiger partial charge on any atom is 0.242 e. The third kappa shape index (κ3) is 2.81. The molecule has 0 atom stereocenters. The summed E-state index contributed by atoms with van der Waals surface area (Å²) in [6, 6.07) is 0. The van der Waals surface area contributed by atoms with Gasteiger partial charge in [0.05, 0.1) is 25.3 Å². The lowest BCUT2D eigenvalue weighted by atomic mass is 10.0. The second kappa shape index (κ2) is 5.24. The molecule has 2 fully saturated rings. The summed E-state index contributed by atoms with van der Waals surface area (Å²) in [5.41, 5.74) is -0.566. The fraction of sp³-hybridized carbons (Fsp3) is 0.833. The average molecular weight is 255 g/mol. The van der Waals surface area contributed by atoms with Gasteiger partial charge in [-0.05, 0) is 13.8 Å². The lowest BCUT2D eigenvalue weighted by Gasteiger charge is -2.38. The van der Waals surface area contributed by atoms with Crippen molar-refractivity contribution >= 4 is 11.8 Å². The lowest BCUT2D eigenvalue weighted by Crippen LogP contribution is -2.62. The molecule has 0 spiro atoms. The van der Waals surface area contributed by atoms with E-state index in [2.05, 4.69) is 5.32 Å². The minimum absolute atomic E-state index is 0.00430. The maximum absolute atomic E-state index is 12.1. The molecule has 0 aromatic heterocycles. The van der Waals surface area contributed by atoms with Crippen LogP contribution in [0, 0.1) is 0 Å². The molecule has 2 saturated heterocycles. The van der Waals surface area contributed by atoms with Gasteiger partial charge in [-0.15, -0.1) is 0 Å². The van der Waals surface area contributed by atoms with E-state index in [0.29, 0.717) is 32.8 Å². The van der Waals surface area contributed by atoms with Crippen molar-refractivity contribution in [3.05, 3.63) is 0 Å². The van der Waals surface area contributed by atoms with Gasteiger partial charge in [0, 0.05) is 26.2 Å². The van der Waals surface area contributed by atoms with Crippen molar-refractivity contribution in [1.82, 2.24) is 15.1 Å². The van der Waals surface area contributed by atoms with Gasteiger partial charge in [0.15, 0.2) is 0 Å². The Labute approximate surface area is 107 Å². The number of hydrogen-bond acceptors (Lipinski definition) is 4.